The van der Waals surface area contributed by atoms with Crippen molar-refractivity contribution in [2.75, 3.05) is 25.5 Å². The summed E-state index contributed by atoms with van der Waals surface area (Å²) in [5, 5.41) is 0. The molecule has 3 aliphatic heterocycles. The lowest BCUT2D eigenvalue weighted by atomic mass is 9.68. The van der Waals surface area contributed by atoms with E-state index in [0.717, 1.165) is 24.9 Å². The quantitative estimate of drug-likeness (QED) is 0.549. The Morgan fingerprint density at radius 2 is 2.19 bits per heavy atom. The molecule has 21 heavy (non-hydrogen) atoms. The zero-order valence-corrected chi connectivity index (χ0v) is 13.4. The van der Waals surface area contributed by atoms with E-state index in [4.69, 9.17) is 11.6 Å². The molecule has 4 aliphatic rings. The van der Waals surface area contributed by atoms with E-state index < -0.39 is 0 Å². The highest BCUT2D eigenvalue weighted by Crippen LogP contribution is 2.44. The van der Waals surface area contributed by atoms with Crippen LogP contribution in [-0.4, -0.2) is 53.3 Å². The van der Waals surface area contributed by atoms with Crippen LogP contribution in [0.1, 0.15) is 38.5 Å². The van der Waals surface area contributed by atoms with Crippen molar-refractivity contribution in [1.29, 1.82) is 0 Å². The largest absolute Gasteiger partial charge is 0.335 e. The standard InChI is InChI=1S/C17H25ClN2O/c18-10-16(21)20-7-3-4-12-8-13-9-14(17(12)20)11-19-6-2-1-5-15(13)19/h8,13-15,17H,1-7,9-11H2/t13-,14-,15+,17+/m0/s1. The number of fused-ring (bicyclic) bond motifs is 6. The predicted octanol–water partition coefficient (Wildman–Crippen LogP) is 2.65. The third-order valence-corrected chi connectivity index (χ3v) is 6.32. The van der Waals surface area contributed by atoms with Crippen LogP contribution < -0.4 is 0 Å². The van der Waals surface area contributed by atoms with Crippen molar-refractivity contribution < 1.29 is 4.79 Å². The number of carbonyl (C=O) groups is 1. The first kappa shape index (κ1) is 14.1. The molecule has 0 aromatic heterocycles. The molecule has 4 atom stereocenters. The van der Waals surface area contributed by atoms with Crippen LogP contribution in [0.5, 0.6) is 0 Å². The second kappa shape index (κ2) is 5.58. The minimum Gasteiger partial charge on any atom is -0.335 e. The van der Waals surface area contributed by atoms with Gasteiger partial charge in [0.2, 0.25) is 5.91 Å². The van der Waals surface area contributed by atoms with Gasteiger partial charge in [-0.2, -0.15) is 0 Å². The fraction of sp³-hybridized carbons (Fsp3) is 0.824. The number of hydrogen-bond acceptors (Lipinski definition) is 2. The van der Waals surface area contributed by atoms with Crippen molar-refractivity contribution in [3.8, 4) is 0 Å². The van der Waals surface area contributed by atoms with Gasteiger partial charge in [0, 0.05) is 19.1 Å². The van der Waals surface area contributed by atoms with Crippen molar-refractivity contribution in [2.45, 2.75) is 50.6 Å². The van der Waals surface area contributed by atoms with E-state index in [1.165, 1.54) is 45.2 Å². The van der Waals surface area contributed by atoms with E-state index >= 15 is 0 Å². The Morgan fingerprint density at radius 1 is 1.29 bits per heavy atom. The lowest BCUT2D eigenvalue weighted by molar-refractivity contribution is -0.133. The number of piperidine rings is 3. The highest BCUT2D eigenvalue weighted by molar-refractivity contribution is 6.27. The average Bonchev–Trinajstić information content (AvgIpc) is 2.53. The Kier molecular flexibility index (Phi) is 3.74. The van der Waals surface area contributed by atoms with Crippen LogP contribution >= 0.6 is 11.6 Å². The summed E-state index contributed by atoms with van der Waals surface area (Å²) >= 11 is 5.84. The SMILES string of the molecule is O=C(CCl)N1CCCC2=C[C@H]3C[C@@H](CN4CCCC[C@H]34)[C@@H]21. The highest BCUT2D eigenvalue weighted by atomic mass is 35.5. The molecule has 3 saturated heterocycles. The second-order valence-corrected chi connectivity index (χ2v) is 7.50. The normalized spacial score (nSPS) is 39.3. The Balaban J connectivity index is 1.64. The van der Waals surface area contributed by atoms with Crippen LogP contribution in [0.4, 0.5) is 0 Å². The molecule has 0 aromatic carbocycles. The molecule has 4 heteroatoms. The van der Waals surface area contributed by atoms with Gasteiger partial charge in [0.05, 0.1) is 6.04 Å². The number of carbonyl (C=O) groups excluding carboxylic acids is 1. The lowest BCUT2D eigenvalue weighted by Crippen LogP contribution is -2.60. The number of likely N-dealkylation sites (tertiary alicyclic amines) is 1. The predicted molar refractivity (Wildman–Crippen MR) is 84.3 cm³/mol. The maximum atomic E-state index is 12.2. The second-order valence-electron chi connectivity index (χ2n) is 7.23. The van der Waals surface area contributed by atoms with Crippen LogP contribution in [-0.2, 0) is 4.79 Å². The molecule has 3 nitrogen and oxygen atoms in total. The maximum Gasteiger partial charge on any atom is 0.238 e. The number of halogens is 1. The van der Waals surface area contributed by atoms with E-state index in [1.807, 2.05) is 0 Å². The first-order valence-electron chi connectivity index (χ1n) is 8.58. The van der Waals surface area contributed by atoms with Crippen molar-refractivity contribution in [1.82, 2.24) is 9.80 Å². The van der Waals surface area contributed by atoms with Gasteiger partial charge in [-0.15, -0.1) is 11.6 Å². The molecule has 0 radical (unpaired) electrons. The van der Waals surface area contributed by atoms with Gasteiger partial charge < -0.3 is 4.90 Å². The number of nitrogens with zero attached hydrogens (tertiary/aromatic N) is 2. The van der Waals surface area contributed by atoms with Crippen LogP contribution in [0.25, 0.3) is 0 Å². The molecule has 0 aromatic rings. The van der Waals surface area contributed by atoms with E-state index in [1.54, 1.807) is 5.57 Å². The van der Waals surface area contributed by atoms with Crippen LogP contribution in [0.15, 0.2) is 11.6 Å². The molecule has 1 amide bonds. The monoisotopic (exact) mass is 308 g/mol. The molecule has 0 unspecified atom stereocenters. The van der Waals surface area contributed by atoms with E-state index in [0.29, 0.717) is 12.0 Å². The first-order chi connectivity index (χ1) is 10.3. The van der Waals surface area contributed by atoms with Gasteiger partial charge in [0.1, 0.15) is 5.88 Å². The summed E-state index contributed by atoms with van der Waals surface area (Å²) in [5.41, 5.74) is 1.55. The van der Waals surface area contributed by atoms with Crippen molar-refractivity contribution >= 4 is 17.5 Å². The Bertz CT molecular complexity index is 464. The zero-order valence-electron chi connectivity index (χ0n) is 12.6. The third kappa shape index (κ3) is 2.33. The minimum atomic E-state index is 0.131. The Labute approximate surface area is 132 Å². The van der Waals surface area contributed by atoms with Crippen molar-refractivity contribution in [3.05, 3.63) is 11.6 Å². The van der Waals surface area contributed by atoms with Crippen LogP contribution in [0.3, 0.4) is 0 Å². The number of rotatable bonds is 1. The summed E-state index contributed by atoms with van der Waals surface area (Å²) in [6.07, 6.45) is 10.2. The van der Waals surface area contributed by atoms with Crippen LogP contribution in [0.2, 0.25) is 0 Å². The molecule has 1 aliphatic carbocycles. The smallest absolute Gasteiger partial charge is 0.238 e. The molecular weight excluding hydrogens is 284 g/mol. The maximum absolute atomic E-state index is 12.2. The fourth-order valence-electron chi connectivity index (χ4n) is 5.33. The summed E-state index contributed by atoms with van der Waals surface area (Å²) in [6, 6.07) is 1.13. The summed E-state index contributed by atoms with van der Waals surface area (Å²) in [6.45, 7) is 3.35. The molecule has 2 bridgehead atoms. The Hall–Kier alpha value is -0.540. The van der Waals surface area contributed by atoms with Gasteiger partial charge in [-0.25, -0.2) is 0 Å². The summed E-state index contributed by atoms with van der Waals surface area (Å²) in [5.74, 6) is 1.64. The molecule has 3 heterocycles. The van der Waals surface area contributed by atoms with Gasteiger partial charge in [0.25, 0.3) is 0 Å². The van der Waals surface area contributed by atoms with Gasteiger partial charge in [-0.3, -0.25) is 9.69 Å². The van der Waals surface area contributed by atoms with E-state index in [9.17, 15) is 4.79 Å². The Morgan fingerprint density at radius 3 is 3.05 bits per heavy atom. The molecule has 116 valence electrons. The van der Waals surface area contributed by atoms with Gasteiger partial charge >= 0.3 is 0 Å². The molecule has 0 saturated carbocycles. The fourth-order valence-corrected chi connectivity index (χ4v) is 5.48. The van der Waals surface area contributed by atoms with Crippen LogP contribution in [0, 0.1) is 11.8 Å². The number of hydrogen-bond donors (Lipinski definition) is 0. The minimum absolute atomic E-state index is 0.131. The van der Waals surface area contributed by atoms with Gasteiger partial charge in [0.15, 0.2) is 0 Å². The zero-order chi connectivity index (χ0) is 14.4. The highest BCUT2D eigenvalue weighted by Gasteiger charge is 2.46. The molecular formula is C17H25ClN2O. The number of alkyl halides is 1. The van der Waals surface area contributed by atoms with Crippen molar-refractivity contribution in [3.63, 3.8) is 0 Å². The molecule has 4 rings (SSSR count). The third-order valence-electron chi connectivity index (χ3n) is 6.09. The van der Waals surface area contributed by atoms with Crippen molar-refractivity contribution in [2.24, 2.45) is 11.8 Å². The lowest BCUT2D eigenvalue weighted by Gasteiger charge is -2.54. The topological polar surface area (TPSA) is 23.6 Å². The average molecular weight is 309 g/mol. The molecule has 0 N–H and O–H groups in total. The van der Waals surface area contributed by atoms with Gasteiger partial charge in [-0.05, 0) is 50.5 Å². The van der Waals surface area contributed by atoms with E-state index in [-0.39, 0.29) is 11.8 Å². The summed E-state index contributed by atoms with van der Waals surface area (Å²) < 4.78 is 0. The summed E-state index contributed by atoms with van der Waals surface area (Å²) in [7, 11) is 0. The molecule has 3 fully saturated rings. The molecule has 0 spiro atoms. The van der Waals surface area contributed by atoms with Gasteiger partial charge in [-0.1, -0.05) is 18.1 Å². The summed E-state index contributed by atoms with van der Waals surface area (Å²) in [4.78, 5) is 17.0. The van der Waals surface area contributed by atoms with E-state index in [2.05, 4.69) is 15.9 Å². The number of amides is 1. The first-order valence-corrected chi connectivity index (χ1v) is 9.11.